The van der Waals surface area contributed by atoms with Crippen LogP contribution in [-0.4, -0.2) is 49.0 Å². The predicted octanol–water partition coefficient (Wildman–Crippen LogP) is 0.233. The van der Waals surface area contributed by atoms with Gasteiger partial charge >= 0.3 is 6.03 Å². The molecule has 150 valence electrons. The summed E-state index contributed by atoms with van der Waals surface area (Å²) in [5, 5.41) is 5.86. The Bertz CT molecular complexity index is 873. The van der Waals surface area contributed by atoms with Crippen molar-refractivity contribution in [3.63, 3.8) is 0 Å². The van der Waals surface area contributed by atoms with Gasteiger partial charge in [-0.15, -0.1) is 0 Å². The molecule has 1 aliphatic carbocycles. The summed E-state index contributed by atoms with van der Waals surface area (Å²) in [6.07, 6.45) is 2.04. The third kappa shape index (κ3) is 3.73. The first-order chi connectivity index (χ1) is 14.0. The second kappa shape index (κ2) is 7.67. The summed E-state index contributed by atoms with van der Waals surface area (Å²) >= 11 is 0. The fraction of sp³-hybridized carbons (Fsp3) is 0.318. The number of carbonyl (C=O) groups excluding carboxylic acids is 3. The first-order valence-corrected chi connectivity index (χ1v) is 9.86. The standard InChI is InChI=1S/C22H24N4O3/c1-25(14-19(27)23-18-12-13-18)15-26-20(28)22(24-21(26)29,16-8-4-2-5-9-16)17-10-6-3-7-11-17/h2-11,18H,12-15H2,1H3,(H,23,27)(H,24,29)/p+1. The molecule has 1 heterocycles. The number of imide groups is 1. The molecule has 4 rings (SSSR count). The average molecular weight is 393 g/mol. The van der Waals surface area contributed by atoms with Crippen molar-refractivity contribution in [1.82, 2.24) is 15.5 Å². The summed E-state index contributed by atoms with van der Waals surface area (Å²) in [6.45, 7) is 0.321. The summed E-state index contributed by atoms with van der Waals surface area (Å²) in [4.78, 5) is 40.5. The summed E-state index contributed by atoms with van der Waals surface area (Å²) in [5.41, 5.74) is 0.142. The van der Waals surface area contributed by atoms with Crippen LogP contribution in [0.15, 0.2) is 60.7 Å². The van der Waals surface area contributed by atoms with Crippen molar-refractivity contribution in [1.29, 1.82) is 0 Å². The Morgan fingerprint density at radius 3 is 2.14 bits per heavy atom. The van der Waals surface area contributed by atoms with E-state index in [4.69, 9.17) is 0 Å². The first-order valence-electron chi connectivity index (χ1n) is 9.86. The predicted molar refractivity (Wildman–Crippen MR) is 107 cm³/mol. The van der Waals surface area contributed by atoms with E-state index in [0.29, 0.717) is 11.1 Å². The molecular formula is C22H25N4O3+. The maximum atomic E-state index is 13.6. The van der Waals surface area contributed by atoms with E-state index in [1.165, 1.54) is 4.90 Å². The SMILES string of the molecule is C[NH+](CC(=O)NC1CC1)CN1C(=O)NC(c2ccccc2)(c2ccccc2)C1=O. The van der Waals surface area contributed by atoms with Crippen molar-refractivity contribution in [2.75, 3.05) is 20.3 Å². The summed E-state index contributed by atoms with van der Waals surface area (Å²) in [5.74, 6) is -0.392. The molecule has 29 heavy (non-hydrogen) atoms. The van der Waals surface area contributed by atoms with Crippen molar-refractivity contribution < 1.29 is 19.3 Å². The van der Waals surface area contributed by atoms with Gasteiger partial charge in [-0.2, -0.15) is 0 Å². The van der Waals surface area contributed by atoms with Crippen LogP contribution in [0.3, 0.4) is 0 Å². The maximum absolute atomic E-state index is 13.6. The second-order valence-electron chi connectivity index (χ2n) is 7.78. The van der Waals surface area contributed by atoms with E-state index < -0.39 is 11.6 Å². The molecule has 2 fully saturated rings. The van der Waals surface area contributed by atoms with Gasteiger partial charge in [0.1, 0.15) is 0 Å². The highest BCUT2D eigenvalue weighted by Gasteiger charge is 2.54. The van der Waals surface area contributed by atoms with E-state index in [9.17, 15) is 14.4 Å². The van der Waals surface area contributed by atoms with Crippen molar-refractivity contribution in [2.45, 2.75) is 24.4 Å². The van der Waals surface area contributed by atoms with Crippen molar-refractivity contribution >= 4 is 17.8 Å². The zero-order chi connectivity index (χ0) is 20.4. The number of rotatable bonds is 7. The number of nitrogens with one attached hydrogen (secondary N) is 3. The van der Waals surface area contributed by atoms with E-state index in [1.54, 1.807) is 7.05 Å². The molecule has 1 aliphatic heterocycles. The third-order valence-corrected chi connectivity index (χ3v) is 5.35. The molecule has 1 saturated heterocycles. The Morgan fingerprint density at radius 1 is 1.07 bits per heavy atom. The Balaban J connectivity index is 1.59. The minimum Gasteiger partial charge on any atom is -0.348 e. The molecule has 1 atom stereocenters. The first kappa shape index (κ1) is 19.1. The van der Waals surface area contributed by atoms with Crippen LogP contribution in [0.25, 0.3) is 0 Å². The second-order valence-corrected chi connectivity index (χ2v) is 7.78. The number of hydrogen-bond donors (Lipinski definition) is 3. The quantitative estimate of drug-likeness (QED) is 0.589. The van der Waals surface area contributed by atoms with Crippen LogP contribution < -0.4 is 15.5 Å². The minimum absolute atomic E-state index is 0.0607. The van der Waals surface area contributed by atoms with Gasteiger partial charge in [-0.3, -0.25) is 9.59 Å². The zero-order valence-corrected chi connectivity index (χ0v) is 16.4. The molecule has 1 saturated carbocycles. The highest BCUT2D eigenvalue weighted by atomic mass is 16.2. The van der Waals surface area contributed by atoms with Crippen molar-refractivity contribution in [2.24, 2.45) is 0 Å². The van der Waals surface area contributed by atoms with E-state index in [2.05, 4.69) is 10.6 Å². The summed E-state index contributed by atoms with van der Waals surface area (Å²) in [7, 11) is 1.80. The number of urea groups is 1. The topological polar surface area (TPSA) is 82.9 Å². The van der Waals surface area contributed by atoms with Gasteiger partial charge in [0.15, 0.2) is 18.8 Å². The van der Waals surface area contributed by atoms with Crippen LogP contribution in [0.5, 0.6) is 0 Å². The number of carbonyl (C=O) groups is 3. The normalized spacial score (nSPS) is 19.0. The molecule has 7 nitrogen and oxygen atoms in total. The lowest BCUT2D eigenvalue weighted by atomic mass is 9.83. The molecule has 2 aromatic carbocycles. The third-order valence-electron chi connectivity index (χ3n) is 5.35. The average Bonchev–Trinajstić information content (AvgIpc) is 3.50. The van der Waals surface area contributed by atoms with Crippen LogP contribution in [0.1, 0.15) is 24.0 Å². The number of benzene rings is 2. The molecule has 4 amide bonds. The molecule has 7 heteroatoms. The molecule has 1 unspecified atom stereocenters. The highest BCUT2D eigenvalue weighted by molar-refractivity contribution is 6.09. The summed E-state index contributed by atoms with van der Waals surface area (Å²) < 4.78 is 0. The van der Waals surface area contributed by atoms with Crippen LogP contribution in [-0.2, 0) is 15.1 Å². The Labute approximate surface area is 169 Å². The molecular weight excluding hydrogens is 368 g/mol. The number of quaternary nitrogens is 1. The molecule has 3 N–H and O–H groups in total. The number of amides is 4. The Hall–Kier alpha value is -3.19. The van der Waals surface area contributed by atoms with Gasteiger partial charge in [0.2, 0.25) is 0 Å². The van der Waals surface area contributed by atoms with Gasteiger partial charge < -0.3 is 15.5 Å². The molecule has 0 bridgehead atoms. The van der Waals surface area contributed by atoms with Gasteiger partial charge in [-0.25, -0.2) is 9.69 Å². The monoisotopic (exact) mass is 393 g/mol. The fourth-order valence-electron chi connectivity index (χ4n) is 3.76. The van der Waals surface area contributed by atoms with Gasteiger partial charge in [0.05, 0.1) is 7.05 Å². The lowest BCUT2D eigenvalue weighted by molar-refractivity contribution is -0.879. The molecule has 2 aromatic rings. The number of nitrogens with zero attached hydrogens (tertiary/aromatic N) is 1. The van der Waals surface area contributed by atoms with Crippen LogP contribution >= 0.6 is 0 Å². The molecule has 0 spiro atoms. The maximum Gasteiger partial charge on any atom is 0.330 e. The number of hydrogen-bond acceptors (Lipinski definition) is 3. The minimum atomic E-state index is -1.27. The van der Waals surface area contributed by atoms with E-state index in [-0.39, 0.29) is 31.1 Å². The molecule has 0 aromatic heterocycles. The van der Waals surface area contributed by atoms with Crippen molar-refractivity contribution in [3.05, 3.63) is 71.8 Å². The van der Waals surface area contributed by atoms with Crippen LogP contribution in [0, 0.1) is 0 Å². The smallest absolute Gasteiger partial charge is 0.330 e. The van der Waals surface area contributed by atoms with Crippen LogP contribution in [0.4, 0.5) is 4.79 Å². The lowest BCUT2D eigenvalue weighted by Crippen LogP contribution is -3.12. The van der Waals surface area contributed by atoms with Gasteiger partial charge in [-0.05, 0) is 24.0 Å². The highest BCUT2D eigenvalue weighted by Crippen LogP contribution is 2.35. The zero-order valence-electron chi connectivity index (χ0n) is 16.4. The Kier molecular flexibility index (Phi) is 5.07. The molecule has 0 radical (unpaired) electrons. The van der Waals surface area contributed by atoms with Crippen molar-refractivity contribution in [3.8, 4) is 0 Å². The van der Waals surface area contributed by atoms with Crippen LogP contribution in [0.2, 0.25) is 0 Å². The molecule has 2 aliphatic rings. The van der Waals surface area contributed by atoms with E-state index in [1.807, 2.05) is 60.7 Å². The fourth-order valence-corrected chi connectivity index (χ4v) is 3.76. The van der Waals surface area contributed by atoms with E-state index >= 15 is 0 Å². The van der Waals surface area contributed by atoms with Gasteiger partial charge in [-0.1, -0.05) is 60.7 Å². The van der Waals surface area contributed by atoms with Gasteiger partial charge in [0, 0.05) is 6.04 Å². The van der Waals surface area contributed by atoms with Gasteiger partial charge in [0.25, 0.3) is 11.8 Å². The summed E-state index contributed by atoms with van der Waals surface area (Å²) in [6, 6.07) is 18.3. The largest absolute Gasteiger partial charge is 0.348 e. The lowest BCUT2D eigenvalue weighted by Gasteiger charge is -2.28. The Morgan fingerprint density at radius 2 is 1.62 bits per heavy atom. The van der Waals surface area contributed by atoms with E-state index in [0.717, 1.165) is 17.7 Å². The number of likely N-dealkylation sites (N-methyl/N-ethyl adjacent to an activating group) is 1.